The smallest absolute Gasteiger partial charge is 0.165 e. The summed E-state index contributed by atoms with van der Waals surface area (Å²) in [4.78, 5) is 0. The molecule has 1 fully saturated rings. The van der Waals surface area contributed by atoms with Crippen molar-refractivity contribution in [1.29, 1.82) is 0 Å². The molecule has 2 rings (SSSR count). The summed E-state index contributed by atoms with van der Waals surface area (Å²) < 4.78 is 32.3. The molecule has 1 aromatic rings. The molecule has 1 saturated heterocycles. The van der Waals surface area contributed by atoms with Crippen molar-refractivity contribution >= 4 is 11.6 Å². The SMILES string of the molecule is CC1CCOC1C(N)c1c(Cl)ccc(F)c1F. The summed E-state index contributed by atoms with van der Waals surface area (Å²) in [6, 6.07) is 1.57. The van der Waals surface area contributed by atoms with Gasteiger partial charge in [0, 0.05) is 17.2 Å². The van der Waals surface area contributed by atoms with E-state index in [-0.39, 0.29) is 22.6 Å². The van der Waals surface area contributed by atoms with E-state index in [1.807, 2.05) is 6.92 Å². The Kier molecular flexibility index (Phi) is 3.66. The molecule has 0 amide bonds. The van der Waals surface area contributed by atoms with Crippen LogP contribution < -0.4 is 5.73 Å². The van der Waals surface area contributed by atoms with Gasteiger partial charge in [-0.15, -0.1) is 0 Å². The third-order valence-corrected chi connectivity index (χ3v) is 3.54. The third kappa shape index (κ3) is 2.30. The van der Waals surface area contributed by atoms with Gasteiger partial charge in [0.05, 0.1) is 12.1 Å². The first-order chi connectivity index (χ1) is 8.02. The van der Waals surface area contributed by atoms with Crippen molar-refractivity contribution in [3.8, 4) is 0 Å². The Balaban J connectivity index is 2.36. The predicted octanol–water partition coefficient (Wildman–Crippen LogP) is 3.04. The molecule has 0 radical (unpaired) electrons. The number of hydrogen-bond donors (Lipinski definition) is 1. The van der Waals surface area contributed by atoms with Gasteiger partial charge < -0.3 is 10.5 Å². The van der Waals surface area contributed by atoms with Gasteiger partial charge in [0.1, 0.15) is 0 Å². The van der Waals surface area contributed by atoms with E-state index in [1.54, 1.807) is 0 Å². The Hall–Kier alpha value is -0.710. The van der Waals surface area contributed by atoms with Crippen LogP contribution in [0, 0.1) is 17.6 Å². The van der Waals surface area contributed by atoms with Crippen LogP contribution in [0.4, 0.5) is 8.78 Å². The molecule has 3 unspecified atom stereocenters. The van der Waals surface area contributed by atoms with Crippen molar-refractivity contribution in [3.05, 3.63) is 34.4 Å². The van der Waals surface area contributed by atoms with Gasteiger partial charge >= 0.3 is 0 Å². The first-order valence-corrected chi connectivity index (χ1v) is 5.90. The minimum Gasteiger partial charge on any atom is -0.376 e. The summed E-state index contributed by atoms with van der Waals surface area (Å²) in [5.74, 6) is -1.71. The van der Waals surface area contributed by atoms with Crippen LogP contribution in [0.5, 0.6) is 0 Å². The molecule has 2 N–H and O–H groups in total. The summed E-state index contributed by atoms with van der Waals surface area (Å²) in [6.45, 7) is 2.57. The molecule has 1 aliphatic rings. The maximum atomic E-state index is 13.7. The fourth-order valence-electron chi connectivity index (χ4n) is 2.19. The first kappa shape index (κ1) is 12.7. The number of hydrogen-bond acceptors (Lipinski definition) is 2. The van der Waals surface area contributed by atoms with Crippen LogP contribution in [0.3, 0.4) is 0 Å². The van der Waals surface area contributed by atoms with Crippen LogP contribution in [0.15, 0.2) is 12.1 Å². The molecule has 1 aliphatic heterocycles. The molecule has 0 saturated carbocycles. The standard InChI is InChI=1S/C12H14ClF2NO/c1-6-4-5-17-12(6)11(16)9-7(13)2-3-8(14)10(9)15/h2-3,6,11-12H,4-5,16H2,1H3. The second kappa shape index (κ2) is 4.88. The first-order valence-electron chi connectivity index (χ1n) is 5.53. The molecule has 3 atom stereocenters. The lowest BCUT2D eigenvalue weighted by atomic mass is 9.93. The van der Waals surface area contributed by atoms with Crippen LogP contribution in [0.2, 0.25) is 5.02 Å². The van der Waals surface area contributed by atoms with Gasteiger partial charge in [-0.3, -0.25) is 0 Å². The predicted molar refractivity (Wildman–Crippen MR) is 61.8 cm³/mol. The summed E-state index contributed by atoms with van der Waals surface area (Å²) in [7, 11) is 0. The number of benzene rings is 1. The Labute approximate surface area is 104 Å². The third-order valence-electron chi connectivity index (χ3n) is 3.21. The van der Waals surface area contributed by atoms with Gasteiger partial charge in [-0.2, -0.15) is 0 Å². The highest BCUT2D eigenvalue weighted by Crippen LogP contribution is 2.34. The van der Waals surface area contributed by atoms with E-state index < -0.39 is 17.7 Å². The van der Waals surface area contributed by atoms with Crippen molar-refractivity contribution in [2.45, 2.75) is 25.5 Å². The van der Waals surface area contributed by atoms with E-state index in [0.29, 0.717) is 6.61 Å². The molecule has 0 aromatic heterocycles. The average molecular weight is 262 g/mol. The van der Waals surface area contributed by atoms with E-state index in [2.05, 4.69) is 0 Å². The molecule has 5 heteroatoms. The van der Waals surface area contributed by atoms with Crippen molar-refractivity contribution < 1.29 is 13.5 Å². The molecule has 94 valence electrons. The number of rotatable bonds is 2. The van der Waals surface area contributed by atoms with E-state index in [1.165, 1.54) is 6.07 Å². The van der Waals surface area contributed by atoms with E-state index in [0.717, 1.165) is 12.5 Å². The summed E-state index contributed by atoms with van der Waals surface area (Å²) >= 11 is 5.88. The molecular formula is C12H14ClF2NO. The van der Waals surface area contributed by atoms with Crippen molar-refractivity contribution in [2.75, 3.05) is 6.61 Å². The minimum absolute atomic E-state index is 0.00502. The molecule has 0 spiro atoms. The quantitative estimate of drug-likeness (QED) is 0.831. The average Bonchev–Trinajstić information content (AvgIpc) is 2.70. The Morgan fingerprint density at radius 1 is 1.47 bits per heavy atom. The highest BCUT2D eigenvalue weighted by Gasteiger charge is 2.33. The Bertz CT molecular complexity index is 427. The summed E-state index contributed by atoms with van der Waals surface area (Å²) in [6.07, 6.45) is 0.552. The van der Waals surface area contributed by atoms with Crippen LogP contribution in [-0.4, -0.2) is 12.7 Å². The van der Waals surface area contributed by atoms with Crippen LogP contribution in [0.1, 0.15) is 24.9 Å². The zero-order chi connectivity index (χ0) is 12.6. The van der Waals surface area contributed by atoms with E-state index in [4.69, 9.17) is 22.1 Å². The van der Waals surface area contributed by atoms with E-state index in [9.17, 15) is 8.78 Å². The number of ether oxygens (including phenoxy) is 1. The molecule has 1 aromatic carbocycles. The monoisotopic (exact) mass is 261 g/mol. The Morgan fingerprint density at radius 3 is 2.76 bits per heavy atom. The molecular weight excluding hydrogens is 248 g/mol. The second-order valence-electron chi connectivity index (χ2n) is 4.38. The molecule has 0 aliphatic carbocycles. The maximum Gasteiger partial charge on any atom is 0.165 e. The van der Waals surface area contributed by atoms with Gasteiger partial charge in [-0.25, -0.2) is 8.78 Å². The van der Waals surface area contributed by atoms with Gasteiger partial charge in [0.2, 0.25) is 0 Å². The highest BCUT2D eigenvalue weighted by atomic mass is 35.5. The Morgan fingerprint density at radius 2 is 2.18 bits per heavy atom. The van der Waals surface area contributed by atoms with Gasteiger partial charge in [-0.05, 0) is 24.5 Å². The zero-order valence-electron chi connectivity index (χ0n) is 9.42. The fraction of sp³-hybridized carbons (Fsp3) is 0.500. The van der Waals surface area contributed by atoms with Crippen molar-refractivity contribution in [3.63, 3.8) is 0 Å². The van der Waals surface area contributed by atoms with Gasteiger partial charge in [0.15, 0.2) is 11.6 Å². The summed E-state index contributed by atoms with van der Waals surface area (Å²) in [5, 5.41) is 0.138. The van der Waals surface area contributed by atoms with Crippen LogP contribution >= 0.6 is 11.6 Å². The van der Waals surface area contributed by atoms with Crippen LogP contribution in [-0.2, 0) is 4.74 Å². The van der Waals surface area contributed by atoms with E-state index >= 15 is 0 Å². The lowest BCUT2D eigenvalue weighted by Gasteiger charge is -2.24. The van der Waals surface area contributed by atoms with Crippen molar-refractivity contribution in [2.24, 2.45) is 11.7 Å². The number of nitrogens with two attached hydrogens (primary N) is 1. The number of halogens is 3. The maximum absolute atomic E-state index is 13.7. The second-order valence-corrected chi connectivity index (χ2v) is 4.79. The van der Waals surface area contributed by atoms with Crippen LogP contribution in [0.25, 0.3) is 0 Å². The normalized spacial score (nSPS) is 26.2. The largest absolute Gasteiger partial charge is 0.376 e. The molecule has 0 bridgehead atoms. The lowest BCUT2D eigenvalue weighted by Crippen LogP contribution is -2.31. The lowest BCUT2D eigenvalue weighted by molar-refractivity contribution is 0.0713. The molecule has 17 heavy (non-hydrogen) atoms. The molecule has 2 nitrogen and oxygen atoms in total. The minimum atomic E-state index is -0.979. The van der Waals surface area contributed by atoms with Gasteiger partial charge in [0.25, 0.3) is 0 Å². The van der Waals surface area contributed by atoms with Crippen molar-refractivity contribution in [1.82, 2.24) is 0 Å². The zero-order valence-corrected chi connectivity index (χ0v) is 10.2. The van der Waals surface area contributed by atoms with Gasteiger partial charge in [-0.1, -0.05) is 18.5 Å². The topological polar surface area (TPSA) is 35.2 Å². The molecule has 1 heterocycles. The summed E-state index contributed by atoms with van der Waals surface area (Å²) in [5.41, 5.74) is 5.95. The highest BCUT2D eigenvalue weighted by molar-refractivity contribution is 6.31. The fourth-order valence-corrected chi connectivity index (χ4v) is 2.46.